The van der Waals surface area contributed by atoms with Crippen molar-refractivity contribution in [1.82, 2.24) is 9.97 Å². The Kier molecular flexibility index (Phi) is 3.40. The summed E-state index contributed by atoms with van der Waals surface area (Å²) in [7, 11) is 0. The van der Waals surface area contributed by atoms with Gasteiger partial charge in [-0.2, -0.15) is 9.97 Å². The molecule has 1 aromatic heterocycles. The van der Waals surface area contributed by atoms with Gasteiger partial charge in [-0.3, -0.25) is 0 Å². The number of nitrogens with two attached hydrogens (primary N) is 2. The van der Waals surface area contributed by atoms with Gasteiger partial charge >= 0.3 is 0 Å². The van der Waals surface area contributed by atoms with E-state index in [2.05, 4.69) is 9.97 Å². The van der Waals surface area contributed by atoms with E-state index in [-0.39, 0.29) is 12.1 Å². The van der Waals surface area contributed by atoms with E-state index in [9.17, 15) is 0 Å². The van der Waals surface area contributed by atoms with Crippen LogP contribution in [0.4, 0.5) is 11.8 Å². The normalized spacial score (nSPS) is 20.6. The lowest BCUT2D eigenvalue weighted by Crippen LogP contribution is -2.26. The van der Waals surface area contributed by atoms with Crippen molar-refractivity contribution in [2.75, 3.05) is 24.7 Å². The van der Waals surface area contributed by atoms with Gasteiger partial charge in [-0.05, 0) is 19.3 Å². The van der Waals surface area contributed by atoms with Gasteiger partial charge in [0.25, 0.3) is 0 Å². The SMILES string of the molecule is Nc1cc(OCC2CCCCO2)nc(N)n1. The molecule has 0 aromatic carbocycles. The van der Waals surface area contributed by atoms with Crippen LogP contribution in [0.15, 0.2) is 6.07 Å². The average Bonchev–Trinajstić information content (AvgIpc) is 2.27. The van der Waals surface area contributed by atoms with Crippen LogP contribution in [0.3, 0.4) is 0 Å². The summed E-state index contributed by atoms with van der Waals surface area (Å²) in [5.74, 6) is 0.839. The molecular formula is C10H16N4O2. The van der Waals surface area contributed by atoms with E-state index in [1.54, 1.807) is 6.07 Å². The monoisotopic (exact) mass is 224 g/mol. The van der Waals surface area contributed by atoms with Gasteiger partial charge in [-0.15, -0.1) is 0 Å². The first-order valence-electron chi connectivity index (χ1n) is 5.38. The highest BCUT2D eigenvalue weighted by Gasteiger charge is 2.14. The first-order chi connectivity index (χ1) is 7.74. The minimum atomic E-state index is 0.125. The van der Waals surface area contributed by atoms with Crippen molar-refractivity contribution in [2.45, 2.75) is 25.4 Å². The molecule has 0 saturated carbocycles. The molecule has 1 aliphatic heterocycles. The third kappa shape index (κ3) is 2.96. The maximum atomic E-state index is 5.53. The molecule has 1 aromatic rings. The molecule has 0 radical (unpaired) electrons. The van der Waals surface area contributed by atoms with Crippen LogP contribution in [-0.4, -0.2) is 29.3 Å². The highest BCUT2D eigenvalue weighted by Crippen LogP contribution is 2.16. The molecule has 6 nitrogen and oxygen atoms in total. The van der Waals surface area contributed by atoms with Crippen molar-refractivity contribution in [3.05, 3.63) is 6.07 Å². The number of hydrogen-bond donors (Lipinski definition) is 2. The Morgan fingerprint density at radius 2 is 2.25 bits per heavy atom. The molecule has 1 aliphatic rings. The van der Waals surface area contributed by atoms with Crippen molar-refractivity contribution < 1.29 is 9.47 Å². The predicted molar refractivity (Wildman–Crippen MR) is 59.9 cm³/mol. The number of rotatable bonds is 3. The van der Waals surface area contributed by atoms with Crippen LogP contribution < -0.4 is 16.2 Å². The van der Waals surface area contributed by atoms with Gasteiger partial charge in [0.1, 0.15) is 12.4 Å². The van der Waals surface area contributed by atoms with Gasteiger partial charge in [0.15, 0.2) is 0 Å². The number of ether oxygens (including phenoxy) is 2. The van der Waals surface area contributed by atoms with E-state index in [1.807, 2.05) is 0 Å². The molecule has 1 saturated heterocycles. The van der Waals surface area contributed by atoms with Crippen LogP contribution in [-0.2, 0) is 4.74 Å². The lowest BCUT2D eigenvalue weighted by Gasteiger charge is -2.22. The number of anilines is 2. The summed E-state index contributed by atoms with van der Waals surface area (Å²) in [5, 5.41) is 0. The molecule has 0 bridgehead atoms. The zero-order chi connectivity index (χ0) is 11.4. The van der Waals surface area contributed by atoms with E-state index in [0.29, 0.717) is 18.3 Å². The second-order valence-corrected chi connectivity index (χ2v) is 3.79. The molecule has 0 amide bonds. The lowest BCUT2D eigenvalue weighted by molar-refractivity contribution is -0.0119. The Hall–Kier alpha value is -1.56. The topological polar surface area (TPSA) is 96.3 Å². The first kappa shape index (κ1) is 10.9. The molecule has 16 heavy (non-hydrogen) atoms. The zero-order valence-corrected chi connectivity index (χ0v) is 9.06. The van der Waals surface area contributed by atoms with E-state index < -0.39 is 0 Å². The Balaban J connectivity index is 1.88. The van der Waals surface area contributed by atoms with Gasteiger partial charge in [0.05, 0.1) is 6.10 Å². The number of nitrogen functional groups attached to an aromatic ring is 2. The second kappa shape index (κ2) is 4.98. The summed E-state index contributed by atoms with van der Waals surface area (Å²) in [6, 6.07) is 1.55. The van der Waals surface area contributed by atoms with Crippen molar-refractivity contribution in [3.63, 3.8) is 0 Å². The summed E-state index contributed by atoms with van der Waals surface area (Å²) in [6.45, 7) is 1.29. The highest BCUT2D eigenvalue weighted by atomic mass is 16.5. The van der Waals surface area contributed by atoms with Crippen LogP contribution in [0.5, 0.6) is 5.88 Å². The highest BCUT2D eigenvalue weighted by molar-refractivity contribution is 5.38. The fraction of sp³-hybridized carbons (Fsp3) is 0.600. The van der Waals surface area contributed by atoms with E-state index in [1.165, 1.54) is 6.42 Å². The maximum absolute atomic E-state index is 5.53. The van der Waals surface area contributed by atoms with Crippen LogP contribution in [0, 0.1) is 0 Å². The molecule has 1 atom stereocenters. The Morgan fingerprint density at radius 3 is 2.94 bits per heavy atom. The van der Waals surface area contributed by atoms with Gasteiger partial charge < -0.3 is 20.9 Å². The third-order valence-electron chi connectivity index (χ3n) is 2.43. The molecule has 6 heteroatoms. The first-order valence-corrected chi connectivity index (χ1v) is 5.38. The number of nitrogens with zero attached hydrogens (tertiary/aromatic N) is 2. The van der Waals surface area contributed by atoms with Gasteiger partial charge in [-0.25, -0.2) is 0 Å². The van der Waals surface area contributed by atoms with Gasteiger partial charge in [-0.1, -0.05) is 0 Å². The van der Waals surface area contributed by atoms with Crippen molar-refractivity contribution in [3.8, 4) is 5.88 Å². The van der Waals surface area contributed by atoms with Crippen LogP contribution in [0.1, 0.15) is 19.3 Å². The Labute approximate surface area is 94.0 Å². The molecule has 2 heterocycles. The summed E-state index contributed by atoms with van der Waals surface area (Å²) in [5.41, 5.74) is 11.0. The molecule has 2 rings (SSSR count). The maximum Gasteiger partial charge on any atom is 0.225 e. The number of aromatic nitrogens is 2. The van der Waals surface area contributed by atoms with E-state index in [4.69, 9.17) is 20.9 Å². The van der Waals surface area contributed by atoms with Gasteiger partial charge in [0.2, 0.25) is 11.8 Å². The Bertz CT molecular complexity index is 332. The predicted octanol–water partition coefficient (Wildman–Crippen LogP) is 0.589. The molecular weight excluding hydrogens is 208 g/mol. The second-order valence-electron chi connectivity index (χ2n) is 3.79. The smallest absolute Gasteiger partial charge is 0.225 e. The van der Waals surface area contributed by atoms with Gasteiger partial charge in [0, 0.05) is 12.7 Å². The minimum absolute atomic E-state index is 0.125. The standard InChI is InChI=1S/C10H16N4O2/c11-8-5-9(14-10(12)13-8)16-6-7-3-1-2-4-15-7/h5,7H,1-4,6H2,(H4,11,12,13,14). The zero-order valence-electron chi connectivity index (χ0n) is 9.06. The molecule has 88 valence electrons. The van der Waals surface area contributed by atoms with Crippen molar-refractivity contribution in [1.29, 1.82) is 0 Å². The number of hydrogen-bond acceptors (Lipinski definition) is 6. The van der Waals surface area contributed by atoms with Crippen molar-refractivity contribution >= 4 is 11.8 Å². The Morgan fingerprint density at radius 1 is 1.38 bits per heavy atom. The molecule has 1 unspecified atom stereocenters. The summed E-state index contributed by atoms with van der Waals surface area (Å²) in [4.78, 5) is 7.69. The summed E-state index contributed by atoms with van der Waals surface area (Å²) >= 11 is 0. The molecule has 0 aliphatic carbocycles. The fourth-order valence-corrected chi connectivity index (χ4v) is 1.65. The summed E-state index contributed by atoms with van der Waals surface area (Å²) in [6.07, 6.45) is 3.48. The average molecular weight is 224 g/mol. The van der Waals surface area contributed by atoms with Crippen LogP contribution in [0.2, 0.25) is 0 Å². The van der Waals surface area contributed by atoms with Crippen molar-refractivity contribution in [2.24, 2.45) is 0 Å². The largest absolute Gasteiger partial charge is 0.475 e. The lowest BCUT2D eigenvalue weighted by atomic mass is 10.1. The quantitative estimate of drug-likeness (QED) is 0.780. The van der Waals surface area contributed by atoms with Crippen LogP contribution in [0.25, 0.3) is 0 Å². The third-order valence-corrected chi connectivity index (χ3v) is 2.43. The summed E-state index contributed by atoms with van der Waals surface area (Å²) < 4.78 is 11.0. The fourth-order valence-electron chi connectivity index (χ4n) is 1.65. The molecule has 1 fully saturated rings. The van der Waals surface area contributed by atoms with Crippen LogP contribution >= 0.6 is 0 Å². The molecule has 0 spiro atoms. The minimum Gasteiger partial charge on any atom is -0.475 e. The van der Waals surface area contributed by atoms with E-state index >= 15 is 0 Å². The molecule has 4 N–H and O–H groups in total. The van der Waals surface area contributed by atoms with E-state index in [0.717, 1.165) is 19.4 Å².